The van der Waals surface area contributed by atoms with Crippen LogP contribution in [0.15, 0.2) is 22.7 Å². The van der Waals surface area contributed by atoms with Crippen LogP contribution in [0.3, 0.4) is 0 Å². The van der Waals surface area contributed by atoms with Gasteiger partial charge in [0.25, 0.3) is 0 Å². The lowest BCUT2D eigenvalue weighted by Gasteiger charge is -2.07. The van der Waals surface area contributed by atoms with Crippen molar-refractivity contribution < 1.29 is 15.2 Å². The van der Waals surface area contributed by atoms with E-state index in [1.165, 1.54) is 5.56 Å². The smallest absolute Gasteiger partial charge is 0.127 e. The van der Waals surface area contributed by atoms with Crippen LogP contribution in [0.5, 0.6) is 5.75 Å². The number of rotatable bonds is 6. The van der Waals surface area contributed by atoms with E-state index < -0.39 is 0 Å². The van der Waals surface area contributed by atoms with Gasteiger partial charge in [-0.2, -0.15) is 0 Å². The van der Waals surface area contributed by atoms with E-state index in [9.17, 15) is 0 Å². The maximum Gasteiger partial charge on any atom is 0.127 e. The first kappa shape index (κ1) is 12.5. The van der Waals surface area contributed by atoms with Crippen molar-refractivity contribution in [3.8, 4) is 5.75 Å². The molecule has 4 heteroatoms. The summed E-state index contributed by atoms with van der Waals surface area (Å²) in [5, 5.41) is 10.8. The fourth-order valence-corrected chi connectivity index (χ4v) is 1.81. The SMILES string of the molecule is COc1ccc(Br)cc1C[NH2+]CCCO. The third-order valence-electron chi connectivity index (χ3n) is 2.17. The van der Waals surface area contributed by atoms with Crippen molar-refractivity contribution in [2.24, 2.45) is 0 Å². The lowest BCUT2D eigenvalue weighted by molar-refractivity contribution is -0.671. The summed E-state index contributed by atoms with van der Waals surface area (Å²) in [5.41, 5.74) is 1.17. The first-order valence-electron chi connectivity index (χ1n) is 5.03. The van der Waals surface area contributed by atoms with Gasteiger partial charge >= 0.3 is 0 Å². The number of hydrogen-bond acceptors (Lipinski definition) is 2. The summed E-state index contributed by atoms with van der Waals surface area (Å²) < 4.78 is 6.33. The Balaban J connectivity index is 2.54. The molecule has 0 bridgehead atoms. The minimum absolute atomic E-state index is 0.256. The number of quaternary nitrogens is 1. The van der Waals surface area contributed by atoms with Crippen LogP contribution in [0.4, 0.5) is 0 Å². The highest BCUT2D eigenvalue weighted by molar-refractivity contribution is 9.10. The van der Waals surface area contributed by atoms with Gasteiger partial charge in [0.2, 0.25) is 0 Å². The van der Waals surface area contributed by atoms with Gasteiger partial charge in [-0.3, -0.25) is 0 Å². The molecule has 0 atom stereocenters. The van der Waals surface area contributed by atoms with Crippen LogP contribution in [0.2, 0.25) is 0 Å². The molecule has 1 rings (SSSR count). The zero-order valence-electron chi connectivity index (χ0n) is 8.87. The predicted molar refractivity (Wildman–Crippen MR) is 62.9 cm³/mol. The van der Waals surface area contributed by atoms with Gasteiger partial charge in [-0.15, -0.1) is 0 Å². The fraction of sp³-hybridized carbons (Fsp3) is 0.455. The Kier molecular flexibility index (Phi) is 5.68. The zero-order chi connectivity index (χ0) is 11.1. The minimum atomic E-state index is 0.256. The van der Waals surface area contributed by atoms with E-state index in [1.807, 2.05) is 12.1 Å². The summed E-state index contributed by atoms with van der Waals surface area (Å²) in [7, 11) is 1.68. The summed E-state index contributed by atoms with van der Waals surface area (Å²) in [6, 6.07) is 5.99. The summed E-state index contributed by atoms with van der Waals surface area (Å²) in [5.74, 6) is 0.915. The highest BCUT2D eigenvalue weighted by atomic mass is 79.9. The third-order valence-corrected chi connectivity index (χ3v) is 2.67. The molecule has 1 aromatic carbocycles. The van der Waals surface area contributed by atoms with Crippen molar-refractivity contribution in [3.05, 3.63) is 28.2 Å². The largest absolute Gasteiger partial charge is 0.496 e. The normalized spacial score (nSPS) is 10.3. The topological polar surface area (TPSA) is 46.1 Å². The van der Waals surface area contributed by atoms with Gasteiger partial charge in [-0.05, 0) is 18.2 Å². The molecule has 0 unspecified atom stereocenters. The van der Waals surface area contributed by atoms with E-state index in [-0.39, 0.29) is 6.61 Å². The van der Waals surface area contributed by atoms with Crippen molar-refractivity contribution >= 4 is 15.9 Å². The zero-order valence-corrected chi connectivity index (χ0v) is 10.5. The Morgan fingerprint density at radius 3 is 2.93 bits per heavy atom. The molecular weight excluding hydrogens is 258 g/mol. The molecule has 1 aromatic rings. The van der Waals surface area contributed by atoms with Crippen molar-refractivity contribution in [3.63, 3.8) is 0 Å². The van der Waals surface area contributed by atoms with Crippen LogP contribution in [-0.4, -0.2) is 25.4 Å². The van der Waals surface area contributed by atoms with Crippen LogP contribution in [0, 0.1) is 0 Å². The molecule has 3 N–H and O–H groups in total. The number of benzene rings is 1. The first-order chi connectivity index (χ1) is 7.27. The molecule has 3 nitrogen and oxygen atoms in total. The minimum Gasteiger partial charge on any atom is -0.496 e. The van der Waals surface area contributed by atoms with E-state index in [0.29, 0.717) is 0 Å². The second-order valence-electron chi connectivity index (χ2n) is 3.31. The molecule has 0 amide bonds. The Bertz CT molecular complexity index is 305. The van der Waals surface area contributed by atoms with Gasteiger partial charge < -0.3 is 15.2 Å². The molecule has 84 valence electrons. The van der Waals surface area contributed by atoms with E-state index in [4.69, 9.17) is 9.84 Å². The summed E-state index contributed by atoms with van der Waals surface area (Å²) in [4.78, 5) is 0. The van der Waals surface area contributed by atoms with Gasteiger partial charge in [0.1, 0.15) is 12.3 Å². The van der Waals surface area contributed by atoms with Gasteiger partial charge in [0.05, 0.1) is 13.7 Å². The molecule has 0 aliphatic rings. The Labute approximate surface area is 98.6 Å². The van der Waals surface area contributed by atoms with Crippen molar-refractivity contribution in [2.45, 2.75) is 13.0 Å². The van der Waals surface area contributed by atoms with Gasteiger partial charge in [-0.1, -0.05) is 15.9 Å². The number of ether oxygens (including phenoxy) is 1. The summed E-state index contributed by atoms with van der Waals surface area (Å²) in [6.07, 6.45) is 0.830. The summed E-state index contributed by atoms with van der Waals surface area (Å²) in [6.45, 7) is 2.07. The van der Waals surface area contributed by atoms with E-state index >= 15 is 0 Å². The molecule has 0 aromatic heterocycles. The second kappa shape index (κ2) is 6.82. The average Bonchev–Trinajstić information content (AvgIpc) is 2.25. The Morgan fingerprint density at radius 1 is 1.47 bits per heavy atom. The molecule has 0 heterocycles. The molecule has 0 saturated carbocycles. The monoisotopic (exact) mass is 274 g/mol. The molecular formula is C11H17BrNO2+. The van der Waals surface area contributed by atoms with Crippen LogP contribution in [0.25, 0.3) is 0 Å². The molecule has 0 aliphatic heterocycles. The molecule has 0 fully saturated rings. The van der Waals surface area contributed by atoms with Crippen molar-refractivity contribution in [1.82, 2.24) is 0 Å². The molecule has 0 spiro atoms. The lowest BCUT2D eigenvalue weighted by atomic mass is 10.2. The number of hydrogen-bond donors (Lipinski definition) is 2. The summed E-state index contributed by atoms with van der Waals surface area (Å²) >= 11 is 3.44. The number of methoxy groups -OCH3 is 1. The van der Waals surface area contributed by atoms with E-state index in [0.717, 1.165) is 29.7 Å². The Morgan fingerprint density at radius 2 is 2.27 bits per heavy atom. The van der Waals surface area contributed by atoms with Gasteiger partial charge in [0, 0.05) is 23.1 Å². The van der Waals surface area contributed by atoms with Gasteiger partial charge in [-0.25, -0.2) is 0 Å². The lowest BCUT2D eigenvalue weighted by Crippen LogP contribution is -2.82. The van der Waals surface area contributed by atoms with Crippen molar-refractivity contribution in [2.75, 3.05) is 20.3 Å². The quantitative estimate of drug-likeness (QED) is 0.758. The number of aliphatic hydroxyl groups is 1. The van der Waals surface area contributed by atoms with E-state index in [1.54, 1.807) is 7.11 Å². The fourth-order valence-electron chi connectivity index (χ4n) is 1.40. The first-order valence-corrected chi connectivity index (χ1v) is 5.82. The molecule has 15 heavy (non-hydrogen) atoms. The molecule has 0 radical (unpaired) electrons. The predicted octanol–water partition coefficient (Wildman–Crippen LogP) is 0.903. The standard InChI is InChI=1S/C11H16BrNO2/c1-15-11-4-3-10(12)7-9(11)8-13-5-2-6-14/h3-4,7,13-14H,2,5-6,8H2,1H3/p+1. The number of aliphatic hydroxyl groups excluding tert-OH is 1. The maximum atomic E-state index is 8.66. The average molecular weight is 275 g/mol. The third kappa shape index (κ3) is 4.20. The number of halogens is 1. The highest BCUT2D eigenvalue weighted by Crippen LogP contribution is 2.21. The highest BCUT2D eigenvalue weighted by Gasteiger charge is 2.04. The van der Waals surface area contributed by atoms with Crippen LogP contribution >= 0.6 is 15.9 Å². The van der Waals surface area contributed by atoms with Gasteiger partial charge in [0.15, 0.2) is 0 Å². The van der Waals surface area contributed by atoms with Crippen molar-refractivity contribution in [1.29, 1.82) is 0 Å². The number of nitrogens with two attached hydrogens (primary N) is 1. The van der Waals surface area contributed by atoms with E-state index in [2.05, 4.69) is 27.3 Å². The van der Waals surface area contributed by atoms with Crippen LogP contribution in [0.1, 0.15) is 12.0 Å². The second-order valence-corrected chi connectivity index (χ2v) is 4.23. The molecule has 0 aliphatic carbocycles. The maximum absolute atomic E-state index is 8.66. The molecule has 0 saturated heterocycles. The Hall–Kier alpha value is -0.580. The van der Waals surface area contributed by atoms with Crippen LogP contribution < -0.4 is 10.1 Å². The van der Waals surface area contributed by atoms with Crippen LogP contribution in [-0.2, 0) is 6.54 Å².